The standard InChI is InChI=1S/C11H9F5N2O/c12-6-5(11(19)18-4-2-1-3-17)7(13)9(15)10(16)8(6)14/h1-2H,3-4,17H2,(H,18,19)/b2-1+. The molecule has 1 rings (SSSR count). The summed E-state index contributed by atoms with van der Waals surface area (Å²) < 4.78 is 64.8. The van der Waals surface area contributed by atoms with Crippen molar-refractivity contribution >= 4 is 5.91 Å². The maximum atomic E-state index is 13.2. The van der Waals surface area contributed by atoms with Crippen LogP contribution in [0.5, 0.6) is 0 Å². The number of halogens is 5. The fourth-order valence-corrected chi connectivity index (χ4v) is 1.22. The molecule has 0 heterocycles. The molecular formula is C11H9F5N2O. The summed E-state index contributed by atoms with van der Waals surface area (Å²) in [4.78, 5) is 11.4. The molecule has 3 nitrogen and oxygen atoms in total. The Morgan fingerprint density at radius 2 is 1.42 bits per heavy atom. The molecule has 1 amide bonds. The molecule has 8 heteroatoms. The second-order valence-corrected chi connectivity index (χ2v) is 3.36. The lowest BCUT2D eigenvalue weighted by Crippen LogP contribution is -2.27. The molecule has 0 radical (unpaired) electrons. The van der Waals surface area contributed by atoms with Gasteiger partial charge >= 0.3 is 0 Å². The van der Waals surface area contributed by atoms with Gasteiger partial charge in [0.05, 0.1) is 0 Å². The Kier molecular flexibility index (Phi) is 4.99. The summed E-state index contributed by atoms with van der Waals surface area (Å²) in [5, 5.41) is 1.97. The van der Waals surface area contributed by atoms with Gasteiger partial charge in [-0.05, 0) is 0 Å². The largest absolute Gasteiger partial charge is 0.348 e. The first-order chi connectivity index (χ1) is 8.91. The second kappa shape index (κ2) is 6.28. The number of rotatable bonds is 4. The van der Waals surface area contributed by atoms with E-state index in [0.717, 1.165) is 0 Å². The number of nitrogens with one attached hydrogen (secondary N) is 1. The summed E-state index contributed by atoms with van der Waals surface area (Å²) in [5.41, 5.74) is 3.58. The van der Waals surface area contributed by atoms with Crippen LogP contribution in [0.15, 0.2) is 12.2 Å². The minimum atomic E-state index is -2.31. The van der Waals surface area contributed by atoms with Crippen molar-refractivity contribution in [2.45, 2.75) is 0 Å². The van der Waals surface area contributed by atoms with Crippen molar-refractivity contribution < 1.29 is 26.7 Å². The topological polar surface area (TPSA) is 55.1 Å². The van der Waals surface area contributed by atoms with Crippen LogP contribution < -0.4 is 11.1 Å². The number of carbonyl (C=O) groups excluding carboxylic acids is 1. The Morgan fingerprint density at radius 1 is 0.947 bits per heavy atom. The van der Waals surface area contributed by atoms with Crippen molar-refractivity contribution in [3.63, 3.8) is 0 Å². The molecule has 0 bridgehead atoms. The van der Waals surface area contributed by atoms with Crippen molar-refractivity contribution in [1.82, 2.24) is 5.32 Å². The summed E-state index contributed by atoms with van der Waals surface area (Å²) >= 11 is 0. The highest BCUT2D eigenvalue weighted by Gasteiger charge is 2.29. The van der Waals surface area contributed by atoms with Gasteiger partial charge in [0.2, 0.25) is 5.82 Å². The van der Waals surface area contributed by atoms with Crippen LogP contribution in [0.3, 0.4) is 0 Å². The Balaban J connectivity index is 3.07. The first-order valence-electron chi connectivity index (χ1n) is 5.06. The average Bonchev–Trinajstić information content (AvgIpc) is 2.39. The summed E-state index contributed by atoms with van der Waals surface area (Å²) in [7, 11) is 0. The Morgan fingerprint density at radius 3 is 1.89 bits per heavy atom. The predicted octanol–water partition coefficient (Wildman–Crippen LogP) is 1.63. The second-order valence-electron chi connectivity index (χ2n) is 3.36. The van der Waals surface area contributed by atoms with Gasteiger partial charge in [-0.2, -0.15) is 0 Å². The minimum absolute atomic E-state index is 0.157. The molecule has 0 atom stereocenters. The minimum Gasteiger partial charge on any atom is -0.348 e. The molecule has 3 N–H and O–H groups in total. The third kappa shape index (κ3) is 3.08. The lowest BCUT2D eigenvalue weighted by atomic mass is 10.1. The van der Waals surface area contributed by atoms with Gasteiger partial charge in [-0.3, -0.25) is 4.79 Å². The first-order valence-corrected chi connectivity index (χ1v) is 5.06. The van der Waals surface area contributed by atoms with Crippen molar-refractivity contribution in [2.24, 2.45) is 5.73 Å². The zero-order valence-corrected chi connectivity index (χ0v) is 9.44. The predicted molar refractivity (Wildman–Crippen MR) is 56.8 cm³/mol. The lowest BCUT2D eigenvalue weighted by molar-refractivity contribution is 0.0946. The van der Waals surface area contributed by atoms with Crippen molar-refractivity contribution in [2.75, 3.05) is 13.1 Å². The maximum absolute atomic E-state index is 13.2. The van der Waals surface area contributed by atoms with Gasteiger partial charge in [-0.1, -0.05) is 12.2 Å². The molecule has 0 saturated heterocycles. The Labute approximate surface area is 104 Å². The summed E-state index contributed by atoms with van der Waals surface area (Å²) in [6.07, 6.45) is 2.81. The van der Waals surface area contributed by atoms with Crippen LogP contribution >= 0.6 is 0 Å². The third-order valence-electron chi connectivity index (χ3n) is 2.12. The molecule has 0 aliphatic rings. The SMILES string of the molecule is NC/C=C/CNC(=O)c1c(F)c(F)c(F)c(F)c1F. The average molecular weight is 280 g/mol. The monoisotopic (exact) mass is 280 g/mol. The number of hydrogen-bond donors (Lipinski definition) is 2. The highest BCUT2D eigenvalue weighted by atomic mass is 19.2. The van der Waals surface area contributed by atoms with Crippen LogP contribution in [-0.2, 0) is 0 Å². The summed E-state index contributed by atoms with van der Waals surface area (Å²) in [5.74, 6) is -12.4. The van der Waals surface area contributed by atoms with E-state index in [1.807, 2.05) is 5.32 Å². The fourth-order valence-electron chi connectivity index (χ4n) is 1.22. The maximum Gasteiger partial charge on any atom is 0.257 e. The molecule has 1 aromatic carbocycles. The van der Waals surface area contributed by atoms with E-state index in [9.17, 15) is 26.7 Å². The van der Waals surface area contributed by atoms with Crippen LogP contribution in [0.2, 0.25) is 0 Å². The van der Waals surface area contributed by atoms with Crippen LogP contribution in [0, 0.1) is 29.1 Å². The molecule has 0 saturated carbocycles. The van der Waals surface area contributed by atoms with Gasteiger partial charge in [0.25, 0.3) is 5.91 Å². The number of nitrogens with two attached hydrogens (primary N) is 1. The fraction of sp³-hybridized carbons (Fsp3) is 0.182. The van der Waals surface area contributed by atoms with Crippen molar-refractivity contribution in [1.29, 1.82) is 0 Å². The van der Waals surface area contributed by atoms with Gasteiger partial charge in [0.15, 0.2) is 23.3 Å². The third-order valence-corrected chi connectivity index (χ3v) is 2.12. The lowest BCUT2D eigenvalue weighted by Gasteiger charge is -2.07. The molecule has 0 aliphatic carbocycles. The molecule has 0 unspecified atom stereocenters. The molecule has 1 aromatic rings. The van der Waals surface area contributed by atoms with E-state index < -0.39 is 40.6 Å². The summed E-state index contributed by atoms with van der Waals surface area (Å²) in [6, 6.07) is 0. The highest BCUT2D eigenvalue weighted by molar-refractivity contribution is 5.94. The van der Waals surface area contributed by atoms with Gasteiger partial charge in [-0.25, -0.2) is 22.0 Å². The first kappa shape index (κ1) is 15.1. The number of carbonyl (C=O) groups is 1. The van der Waals surface area contributed by atoms with Gasteiger partial charge in [-0.15, -0.1) is 0 Å². The van der Waals surface area contributed by atoms with E-state index in [1.165, 1.54) is 12.2 Å². The van der Waals surface area contributed by atoms with Crippen LogP contribution in [0.1, 0.15) is 10.4 Å². The molecule has 0 aromatic heterocycles. The van der Waals surface area contributed by atoms with E-state index in [2.05, 4.69) is 0 Å². The molecule has 104 valence electrons. The van der Waals surface area contributed by atoms with Crippen LogP contribution in [-0.4, -0.2) is 19.0 Å². The zero-order valence-electron chi connectivity index (χ0n) is 9.44. The van der Waals surface area contributed by atoms with Crippen molar-refractivity contribution in [3.8, 4) is 0 Å². The molecule has 0 aliphatic heterocycles. The Bertz CT molecular complexity index is 501. The summed E-state index contributed by atoms with van der Waals surface area (Å²) in [6.45, 7) is 0.0218. The normalized spacial score (nSPS) is 11.1. The molecule has 19 heavy (non-hydrogen) atoms. The van der Waals surface area contributed by atoms with E-state index in [0.29, 0.717) is 0 Å². The number of amides is 1. The van der Waals surface area contributed by atoms with Gasteiger partial charge < -0.3 is 11.1 Å². The van der Waals surface area contributed by atoms with E-state index in [1.54, 1.807) is 0 Å². The van der Waals surface area contributed by atoms with Gasteiger partial charge in [0, 0.05) is 13.1 Å². The molecule has 0 spiro atoms. The van der Waals surface area contributed by atoms with E-state index >= 15 is 0 Å². The van der Waals surface area contributed by atoms with E-state index in [4.69, 9.17) is 5.73 Å². The molecule has 0 fully saturated rings. The smallest absolute Gasteiger partial charge is 0.257 e. The molecular weight excluding hydrogens is 271 g/mol. The number of benzene rings is 1. The van der Waals surface area contributed by atoms with E-state index in [-0.39, 0.29) is 13.1 Å². The van der Waals surface area contributed by atoms with Gasteiger partial charge in [0.1, 0.15) is 5.56 Å². The van der Waals surface area contributed by atoms with Crippen LogP contribution in [0.4, 0.5) is 22.0 Å². The Hall–Kier alpha value is -1.96. The quantitative estimate of drug-likeness (QED) is 0.381. The van der Waals surface area contributed by atoms with Crippen LogP contribution in [0.25, 0.3) is 0 Å². The van der Waals surface area contributed by atoms with Crippen molar-refractivity contribution in [3.05, 3.63) is 46.8 Å². The zero-order chi connectivity index (χ0) is 14.6. The number of hydrogen-bond acceptors (Lipinski definition) is 2. The highest BCUT2D eigenvalue weighted by Crippen LogP contribution is 2.22.